The number of hydrogen-bond acceptors (Lipinski definition) is 3. The SMILES string of the molecule is CC1CCN(C(=O)c2cc(C(C)C)nn2C)C(CN)C1. The van der Waals surface area contributed by atoms with E-state index in [2.05, 4.69) is 25.9 Å². The fourth-order valence-corrected chi connectivity index (χ4v) is 2.86. The summed E-state index contributed by atoms with van der Waals surface area (Å²) >= 11 is 0. The van der Waals surface area contributed by atoms with Crippen LogP contribution in [0.15, 0.2) is 6.07 Å². The van der Waals surface area contributed by atoms with Crippen LogP contribution in [0.4, 0.5) is 0 Å². The molecular formula is C15H26N4O. The second kappa shape index (κ2) is 5.95. The normalized spacial score (nSPS) is 23.4. The number of aromatic nitrogens is 2. The molecule has 2 N–H and O–H groups in total. The first kappa shape index (κ1) is 15.0. The Morgan fingerprint density at radius 2 is 2.25 bits per heavy atom. The minimum absolute atomic E-state index is 0.0641. The summed E-state index contributed by atoms with van der Waals surface area (Å²) in [7, 11) is 1.84. The fraction of sp³-hybridized carbons (Fsp3) is 0.733. The van der Waals surface area contributed by atoms with Crippen molar-refractivity contribution in [3.8, 4) is 0 Å². The maximum atomic E-state index is 12.7. The Hall–Kier alpha value is -1.36. The Morgan fingerprint density at radius 3 is 2.80 bits per heavy atom. The lowest BCUT2D eigenvalue weighted by Gasteiger charge is -2.37. The van der Waals surface area contributed by atoms with Gasteiger partial charge in [0.2, 0.25) is 0 Å². The Morgan fingerprint density at radius 1 is 1.55 bits per heavy atom. The molecule has 0 bridgehead atoms. The van der Waals surface area contributed by atoms with Crippen molar-refractivity contribution in [2.24, 2.45) is 18.7 Å². The molecule has 20 heavy (non-hydrogen) atoms. The molecular weight excluding hydrogens is 252 g/mol. The minimum Gasteiger partial charge on any atom is -0.333 e. The summed E-state index contributed by atoms with van der Waals surface area (Å²) in [4.78, 5) is 14.7. The van der Waals surface area contributed by atoms with Crippen molar-refractivity contribution in [3.63, 3.8) is 0 Å². The highest BCUT2D eigenvalue weighted by molar-refractivity contribution is 5.93. The smallest absolute Gasteiger partial charge is 0.272 e. The van der Waals surface area contributed by atoms with Crippen LogP contribution in [-0.2, 0) is 7.05 Å². The van der Waals surface area contributed by atoms with Gasteiger partial charge in [0.15, 0.2) is 0 Å². The van der Waals surface area contributed by atoms with E-state index in [0.717, 1.165) is 25.1 Å². The van der Waals surface area contributed by atoms with Gasteiger partial charge in [0, 0.05) is 26.2 Å². The van der Waals surface area contributed by atoms with Crippen molar-refractivity contribution in [2.75, 3.05) is 13.1 Å². The van der Waals surface area contributed by atoms with Crippen molar-refractivity contribution >= 4 is 5.91 Å². The number of aryl methyl sites for hydroxylation is 1. The van der Waals surface area contributed by atoms with Gasteiger partial charge in [0.05, 0.1) is 5.69 Å². The Bertz CT molecular complexity index is 480. The largest absolute Gasteiger partial charge is 0.333 e. The highest BCUT2D eigenvalue weighted by atomic mass is 16.2. The number of carbonyl (C=O) groups is 1. The second-order valence-electron chi connectivity index (χ2n) is 6.25. The van der Waals surface area contributed by atoms with E-state index in [9.17, 15) is 4.79 Å². The average Bonchev–Trinajstić information content (AvgIpc) is 2.80. The van der Waals surface area contributed by atoms with Gasteiger partial charge < -0.3 is 10.6 Å². The Labute approximate surface area is 121 Å². The van der Waals surface area contributed by atoms with Gasteiger partial charge in [-0.1, -0.05) is 20.8 Å². The average molecular weight is 278 g/mol. The van der Waals surface area contributed by atoms with Crippen LogP contribution in [-0.4, -0.2) is 39.7 Å². The van der Waals surface area contributed by atoms with Gasteiger partial charge in [0.25, 0.3) is 5.91 Å². The summed E-state index contributed by atoms with van der Waals surface area (Å²) in [5.41, 5.74) is 7.48. The molecule has 1 aliphatic heterocycles. The number of hydrogen-bond donors (Lipinski definition) is 1. The first-order valence-corrected chi connectivity index (χ1v) is 7.49. The van der Waals surface area contributed by atoms with Crippen molar-refractivity contribution in [1.82, 2.24) is 14.7 Å². The Kier molecular flexibility index (Phi) is 4.48. The number of rotatable bonds is 3. The molecule has 5 nitrogen and oxygen atoms in total. The molecule has 1 saturated heterocycles. The number of piperidine rings is 1. The molecule has 1 amide bonds. The van der Waals surface area contributed by atoms with Crippen LogP contribution >= 0.6 is 0 Å². The predicted octanol–water partition coefficient (Wildman–Crippen LogP) is 1.74. The molecule has 5 heteroatoms. The van der Waals surface area contributed by atoms with Crippen molar-refractivity contribution < 1.29 is 4.79 Å². The third kappa shape index (κ3) is 2.87. The zero-order valence-corrected chi connectivity index (χ0v) is 13.0. The third-order valence-corrected chi connectivity index (χ3v) is 4.22. The molecule has 1 aromatic rings. The summed E-state index contributed by atoms with van der Waals surface area (Å²) in [5.74, 6) is 1.04. The van der Waals surface area contributed by atoms with Crippen LogP contribution in [0.3, 0.4) is 0 Å². The van der Waals surface area contributed by atoms with Gasteiger partial charge in [-0.2, -0.15) is 5.10 Å². The molecule has 1 fully saturated rings. The highest BCUT2D eigenvalue weighted by Crippen LogP contribution is 2.24. The first-order chi connectivity index (χ1) is 9.43. The van der Waals surface area contributed by atoms with Gasteiger partial charge in [-0.15, -0.1) is 0 Å². The summed E-state index contributed by atoms with van der Waals surface area (Å²) in [6, 6.07) is 2.07. The minimum atomic E-state index is 0.0641. The van der Waals surface area contributed by atoms with Crippen molar-refractivity contribution in [2.45, 2.75) is 45.6 Å². The van der Waals surface area contributed by atoms with Gasteiger partial charge in [0.1, 0.15) is 5.69 Å². The second-order valence-corrected chi connectivity index (χ2v) is 6.25. The molecule has 1 aromatic heterocycles. The molecule has 0 saturated carbocycles. The van der Waals surface area contributed by atoms with Crippen LogP contribution in [0, 0.1) is 5.92 Å². The maximum absolute atomic E-state index is 12.7. The van der Waals surface area contributed by atoms with E-state index < -0.39 is 0 Å². The molecule has 2 atom stereocenters. The van der Waals surface area contributed by atoms with E-state index in [1.165, 1.54) is 0 Å². The van der Waals surface area contributed by atoms with E-state index in [-0.39, 0.29) is 11.9 Å². The fourth-order valence-electron chi connectivity index (χ4n) is 2.86. The highest BCUT2D eigenvalue weighted by Gasteiger charge is 2.31. The van der Waals surface area contributed by atoms with E-state index >= 15 is 0 Å². The van der Waals surface area contributed by atoms with E-state index in [1.54, 1.807) is 4.68 Å². The van der Waals surface area contributed by atoms with Gasteiger partial charge in [-0.3, -0.25) is 9.48 Å². The van der Waals surface area contributed by atoms with E-state index in [4.69, 9.17) is 5.73 Å². The van der Waals surface area contributed by atoms with Crippen molar-refractivity contribution in [3.05, 3.63) is 17.5 Å². The topological polar surface area (TPSA) is 64.2 Å². The third-order valence-electron chi connectivity index (χ3n) is 4.22. The molecule has 0 aliphatic carbocycles. The molecule has 0 aromatic carbocycles. The zero-order valence-electron chi connectivity index (χ0n) is 13.0. The van der Waals surface area contributed by atoms with E-state index in [0.29, 0.717) is 24.1 Å². The van der Waals surface area contributed by atoms with Crippen LogP contribution in [0.1, 0.15) is 55.7 Å². The lowest BCUT2D eigenvalue weighted by atomic mass is 9.92. The lowest BCUT2D eigenvalue weighted by Crippen LogP contribution is -2.49. The molecule has 2 rings (SSSR count). The Balaban J connectivity index is 2.22. The van der Waals surface area contributed by atoms with Gasteiger partial charge in [-0.05, 0) is 30.7 Å². The van der Waals surface area contributed by atoms with Crippen LogP contribution in [0.25, 0.3) is 0 Å². The zero-order chi connectivity index (χ0) is 14.9. The first-order valence-electron chi connectivity index (χ1n) is 7.49. The van der Waals surface area contributed by atoms with Gasteiger partial charge in [-0.25, -0.2) is 0 Å². The molecule has 2 unspecified atom stereocenters. The lowest BCUT2D eigenvalue weighted by molar-refractivity contribution is 0.0562. The summed E-state index contributed by atoms with van der Waals surface area (Å²) < 4.78 is 1.70. The molecule has 2 heterocycles. The maximum Gasteiger partial charge on any atom is 0.272 e. The molecule has 1 aliphatic rings. The number of carbonyl (C=O) groups excluding carboxylic acids is 1. The standard InChI is InChI=1S/C15H26N4O/c1-10(2)13-8-14(18(4)17-13)15(20)19-6-5-11(3)7-12(19)9-16/h8,10-12H,5-7,9,16H2,1-4H3. The number of likely N-dealkylation sites (tertiary alicyclic amines) is 1. The number of amides is 1. The summed E-state index contributed by atoms with van der Waals surface area (Å²) in [5, 5.41) is 4.43. The quantitative estimate of drug-likeness (QED) is 0.916. The number of nitrogens with two attached hydrogens (primary N) is 1. The van der Waals surface area contributed by atoms with E-state index in [1.807, 2.05) is 18.0 Å². The monoisotopic (exact) mass is 278 g/mol. The van der Waals surface area contributed by atoms with Gasteiger partial charge >= 0.3 is 0 Å². The summed E-state index contributed by atoms with van der Waals surface area (Å²) in [6.07, 6.45) is 2.05. The number of nitrogens with zero attached hydrogens (tertiary/aromatic N) is 3. The molecule has 112 valence electrons. The van der Waals surface area contributed by atoms with Crippen LogP contribution in [0.2, 0.25) is 0 Å². The molecule has 0 spiro atoms. The van der Waals surface area contributed by atoms with Crippen molar-refractivity contribution in [1.29, 1.82) is 0 Å². The van der Waals surface area contributed by atoms with Crippen LogP contribution < -0.4 is 5.73 Å². The molecule has 0 radical (unpaired) electrons. The predicted molar refractivity (Wildman–Crippen MR) is 79.6 cm³/mol. The van der Waals surface area contributed by atoms with Crippen LogP contribution in [0.5, 0.6) is 0 Å². The summed E-state index contributed by atoms with van der Waals surface area (Å²) in [6.45, 7) is 7.73.